The largest absolute Gasteiger partial charge is 0.495 e. The summed E-state index contributed by atoms with van der Waals surface area (Å²) in [5, 5.41) is 5.69. The summed E-state index contributed by atoms with van der Waals surface area (Å²) < 4.78 is 5.18. The minimum atomic E-state index is -0.362. The highest BCUT2D eigenvalue weighted by Gasteiger charge is 2.28. The Kier molecular flexibility index (Phi) is 6.06. The second kappa shape index (κ2) is 8.91. The summed E-state index contributed by atoms with van der Waals surface area (Å²) in [6.07, 6.45) is 3.75. The van der Waals surface area contributed by atoms with Crippen LogP contribution in [0, 0.1) is 0 Å². The molecule has 0 radical (unpaired) electrons. The number of rotatable bonds is 5. The van der Waals surface area contributed by atoms with Gasteiger partial charge in [0.1, 0.15) is 5.75 Å². The van der Waals surface area contributed by atoms with Crippen molar-refractivity contribution in [2.45, 2.75) is 19.4 Å². The van der Waals surface area contributed by atoms with E-state index in [4.69, 9.17) is 16.3 Å². The lowest BCUT2D eigenvalue weighted by atomic mass is 9.93. The van der Waals surface area contributed by atoms with Crippen molar-refractivity contribution in [1.82, 2.24) is 9.88 Å². The Balaban J connectivity index is 1.49. The number of amides is 2. The molecule has 0 saturated carbocycles. The van der Waals surface area contributed by atoms with E-state index in [9.17, 15) is 9.59 Å². The Labute approximate surface area is 189 Å². The predicted molar refractivity (Wildman–Crippen MR) is 123 cm³/mol. The molecule has 1 N–H and O–H groups in total. The van der Waals surface area contributed by atoms with E-state index in [1.807, 2.05) is 41.8 Å². The zero-order valence-electron chi connectivity index (χ0n) is 17.0. The van der Waals surface area contributed by atoms with Crippen molar-refractivity contribution in [2.75, 3.05) is 12.4 Å². The zero-order valence-corrected chi connectivity index (χ0v) is 18.5. The van der Waals surface area contributed by atoms with Crippen molar-refractivity contribution in [3.05, 3.63) is 70.2 Å². The number of benzene rings is 2. The van der Waals surface area contributed by atoms with Crippen LogP contribution in [-0.4, -0.2) is 28.8 Å². The quantitative estimate of drug-likeness (QED) is 0.563. The molecule has 1 atom stereocenters. The van der Waals surface area contributed by atoms with Gasteiger partial charge in [-0.1, -0.05) is 35.9 Å². The minimum absolute atomic E-state index is 0.114. The third-order valence-electron chi connectivity index (χ3n) is 5.05. The first-order chi connectivity index (χ1) is 15.0. The number of carbonyl (C=O) groups excluding carboxylic acids is 2. The molecule has 2 aromatic carbocycles. The maximum atomic E-state index is 12.8. The van der Waals surface area contributed by atoms with Gasteiger partial charge < -0.3 is 15.0 Å². The number of anilines is 1. The summed E-state index contributed by atoms with van der Waals surface area (Å²) in [6.45, 7) is 1.50. The number of nitrogens with one attached hydrogen (secondary N) is 1. The van der Waals surface area contributed by atoms with Crippen molar-refractivity contribution in [3.8, 4) is 17.0 Å². The molecule has 1 unspecified atom stereocenters. The Hall–Kier alpha value is -3.16. The molecule has 0 saturated heterocycles. The number of carbonyl (C=O) groups is 2. The van der Waals surface area contributed by atoms with Gasteiger partial charge in [-0.25, -0.2) is 4.98 Å². The molecule has 6 nitrogen and oxygen atoms in total. The van der Waals surface area contributed by atoms with Crippen LogP contribution in [0.4, 0.5) is 5.13 Å². The molecular formula is C23H20ClN3O3S. The van der Waals surface area contributed by atoms with Crippen molar-refractivity contribution in [1.29, 1.82) is 0 Å². The Morgan fingerprint density at radius 1 is 1.26 bits per heavy atom. The van der Waals surface area contributed by atoms with Crippen LogP contribution >= 0.6 is 22.9 Å². The van der Waals surface area contributed by atoms with E-state index in [2.05, 4.69) is 10.3 Å². The van der Waals surface area contributed by atoms with Gasteiger partial charge in [0, 0.05) is 24.1 Å². The van der Waals surface area contributed by atoms with Gasteiger partial charge in [0.2, 0.25) is 11.8 Å². The molecule has 31 heavy (non-hydrogen) atoms. The molecule has 3 aromatic rings. The first kappa shape index (κ1) is 21.1. The van der Waals surface area contributed by atoms with Gasteiger partial charge >= 0.3 is 0 Å². The number of hydrogen-bond donors (Lipinski definition) is 1. The van der Waals surface area contributed by atoms with Gasteiger partial charge in [0.15, 0.2) is 5.13 Å². The molecule has 158 valence electrons. The van der Waals surface area contributed by atoms with Crippen molar-refractivity contribution < 1.29 is 14.3 Å². The van der Waals surface area contributed by atoms with Crippen LogP contribution in [0.25, 0.3) is 17.3 Å². The zero-order chi connectivity index (χ0) is 22.0. The van der Waals surface area contributed by atoms with E-state index in [0.29, 0.717) is 21.6 Å². The number of methoxy groups -OCH3 is 1. The molecule has 8 heteroatoms. The summed E-state index contributed by atoms with van der Waals surface area (Å²) in [5.74, 6) is 0.262. The number of halogens is 1. The smallest absolute Gasteiger partial charge is 0.228 e. The second-order valence-corrected chi connectivity index (χ2v) is 8.29. The van der Waals surface area contributed by atoms with Crippen LogP contribution in [0.2, 0.25) is 5.02 Å². The third kappa shape index (κ3) is 4.47. The van der Waals surface area contributed by atoms with Crippen LogP contribution in [0.1, 0.15) is 30.5 Å². The molecule has 0 aliphatic carbocycles. The second-order valence-electron chi connectivity index (χ2n) is 7.03. The highest BCUT2D eigenvalue weighted by Crippen LogP contribution is 2.34. The van der Waals surface area contributed by atoms with E-state index in [1.54, 1.807) is 30.3 Å². The van der Waals surface area contributed by atoms with Gasteiger partial charge in [-0.05, 0) is 35.4 Å². The molecule has 0 spiro atoms. The monoisotopic (exact) mass is 453 g/mol. The normalized spacial score (nSPS) is 14.8. The fourth-order valence-electron chi connectivity index (χ4n) is 3.55. The molecule has 4 rings (SSSR count). The molecule has 1 aliphatic heterocycles. The van der Waals surface area contributed by atoms with Gasteiger partial charge in [0.25, 0.3) is 0 Å². The average molecular weight is 454 g/mol. The highest BCUT2D eigenvalue weighted by molar-refractivity contribution is 7.14. The van der Waals surface area contributed by atoms with E-state index in [0.717, 1.165) is 16.7 Å². The topological polar surface area (TPSA) is 71.5 Å². The van der Waals surface area contributed by atoms with E-state index >= 15 is 0 Å². The first-order valence-corrected chi connectivity index (χ1v) is 10.9. The maximum absolute atomic E-state index is 12.8. The van der Waals surface area contributed by atoms with E-state index in [-0.39, 0.29) is 24.3 Å². The number of nitrogens with zero attached hydrogens (tertiary/aromatic N) is 2. The fraction of sp³-hybridized carbons (Fsp3) is 0.174. The lowest BCUT2D eigenvalue weighted by molar-refractivity contribution is -0.129. The van der Waals surface area contributed by atoms with Gasteiger partial charge in [-0.2, -0.15) is 0 Å². The Bertz CT molecular complexity index is 1170. The van der Waals surface area contributed by atoms with Crippen molar-refractivity contribution in [2.24, 2.45) is 0 Å². The van der Waals surface area contributed by atoms with Crippen LogP contribution in [-0.2, 0) is 9.59 Å². The molecule has 2 heterocycles. The van der Waals surface area contributed by atoms with Crippen LogP contribution in [0.5, 0.6) is 5.75 Å². The molecule has 0 fully saturated rings. The molecule has 0 bridgehead atoms. The number of aromatic nitrogens is 1. The summed E-state index contributed by atoms with van der Waals surface area (Å²) in [6, 6.07) is 12.8. The van der Waals surface area contributed by atoms with E-state index < -0.39 is 0 Å². The number of thiazole rings is 1. The van der Waals surface area contributed by atoms with Gasteiger partial charge in [-0.15, -0.1) is 11.3 Å². The Morgan fingerprint density at radius 2 is 2.06 bits per heavy atom. The van der Waals surface area contributed by atoms with Gasteiger partial charge in [-0.3, -0.25) is 9.59 Å². The SMILES string of the molecule is COc1ccc(-c2csc(NC(=O)CC3c4ccccc4C=CN3C(C)=O)n2)cc1Cl. The van der Waals surface area contributed by atoms with E-state index in [1.165, 1.54) is 18.3 Å². The fourth-order valence-corrected chi connectivity index (χ4v) is 4.54. The number of hydrogen-bond acceptors (Lipinski definition) is 5. The highest BCUT2D eigenvalue weighted by atomic mass is 35.5. The lowest BCUT2D eigenvalue weighted by Crippen LogP contribution is -2.33. The van der Waals surface area contributed by atoms with Crippen molar-refractivity contribution >= 4 is 46.0 Å². The summed E-state index contributed by atoms with van der Waals surface area (Å²) in [7, 11) is 1.56. The van der Waals surface area contributed by atoms with Crippen LogP contribution in [0.15, 0.2) is 54.0 Å². The number of ether oxygens (including phenoxy) is 1. The minimum Gasteiger partial charge on any atom is -0.495 e. The van der Waals surface area contributed by atoms with Gasteiger partial charge in [0.05, 0.1) is 30.3 Å². The third-order valence-corrected chi connectivity index (χ3v) is 6.10. The molecule has 2 amide bonds. The number of fused-ring (bicyclic) bond motifs is 1. The van der Waals surface area contributed by atoms with Crippen LogP contribution < -0.4 is 10.1 Å². The maximum Gasteiger partial charge on any atom is 0.228 e. The Morgan fingerprint density at radius 3 is 2.81 bits per heavy atom. The van der Waals surface area contributed by atoms with Crippen LogP contribution in [0.3, 0.4) is 0 Å². The molecule has 1 aliphatic rings. The first-order valence-electron chi connectivity index (χ1n) is 9.61. The summed E-state index contributed by atoms with van der Waals surface area (Å²) in [4.78, 5) is 31.0. The standard InChI is InChI=1S/C23H20ClN3O3S/c1-14(28)27-10-9-15-5-3-4-6-17(15)20(27)12-22(29)26-23-25-19(13-31-23)16-7-8-21(30-2)18(24)11-16/h3-11,13,20H,12H2,1-2H3,(H,25,26,29). The lowest BCUT2D eigenvalue weighted by Gasteiger charge is -2.32. The molecular weight excluding hydrogens is 434 g/mol. The van der Waals surface area contributed by atoms with Crippen molar-refractivity contribution in [3.63, 3.8) is 0 Å². The summed E-state index contributed by atoms with van der Waals surface area (Å²) >= 11 is 7.53. The summed E-state index contributed by atoms with van der Waals surface area (Å²) in [5.41, 5.74) is 3.49. The predicted octanol–water partition coefficient (Wildman–Crippen LogP) is 5.37. The average Bonchev–Trinajstić information content (AvgIpc) is 3.22. The molecule has 1 aromatic heterocycles.